The van der Waals surface area contributed by atoms with Crippen LogP contribution in [-0.4, -0.2) is 0 Å². The molecular weight excluding hydrogens is 173 g/mol. The molecule has 0 spiro atoms. The fourth-order valence-electron chi connectivity index (χ4n) is 0.0177. The Labute approximate surface area is 55.1 Å². The Morgan fingerprint density at radius 3 is 1.50 bits per heavy atom. The summed E-state index contributed by atoms with van der Waals surface area (Å²) >= 11 is 0. The van der Waals surface area contributed by atoms with E-state index in [1.165, 1.54) is 0 Å². The van der Waals surface area contributed by atoms with E-state index >= 15 is 0 Å². The molecule has 0 radical (unpaired) electrons. The Hall–Kier alpha value is 0.123. The zero-order valence-corrected chi connectivity index (χ0v) is 7.03. The van der Waals surface area contributed by atoms with Gasteiger partial charge in [-0.25, -0.2) is 0 Å². The molecule has 2 nitrogen and oxygen atoms in total. The molecule has 0 atom stereocenters. The number of hydrogen-bond acceptors (Lipinski definition) is 2. The van der Waals surface area contributed by atoms with E-state index in [-0.39, 0.29) is 34.4 Å². The first-order chi connectivity index (χ1) is 2.41. The molecule has 0 aromatic heterocycles. The molecule has 4 heteroatoms. The van der Waals surface area contributed by atoms with Gasteiger partial charge in [0.05, 0.1) is 0 Å². The first-order valence-electron chi connectivity index (χ1n) is 0.801. The summed E-state index contributed by atoms with van der Waals surface area (Å²) in [6, 6.07) is 0. The minimum absolute atomic E-state index is 0. The van der Waals surface area contributed by atoms with E-state index in [0.29, 0.717) is 0 Å². The molecule has 0 unspecified atom stereocenters. The molecule has 0 aliphatic rings. The normalized spacial score (nSPS) is 4.33. The predicted molar refractivity (Wildman–Crippen MR) is 11.2 cm³/mol. The Morgan fingerprint density at radius 1 is 1.17 bits per heavy atom. The van der Waals surface area contributed by atoms with Gasteiger partial charge in [0, 0.05) is 19.5 Å². The van der Waals surface area contributed by atoms with Gasteiger partial charge >= 0.3 is 35.4 Å². The molecule has 0 fully saturated rings. The quantitative estimate of drug-likeness (QED) is 0.485. The second-order valence-electron chi connectivity index (χ2n) is 0.247. The van der Waals surface area contributed by atoms with Crippen molar-refractivity contribution in [2.75, 3.05) is 0 Å². The number of rotatable bonds is 0. The van der Waals surface area contributed by atoms with Crippen LogP contribution >= 0.6 is 0 Å². The topological polar surface area (TPSA) is 47.6 Å². The Balaban J connectivity index is 0. The van der Waals surface area contributed by atoms with E-state index in [4.69, 9.17) is 10.5 Å². The van der Waals surface area contributed by atoms with Gasteiger partial charge in [0.1, 0.15) is 0 Å². The molecule has 0 bridgehead atoms. The van der Waals surface area contributed by atoms with Crippen LogP contribution in [0.1, 0.15) is 0 Å². The van der Waals surface area contributed by atoms with E-state index < -0.39 is 0 Å². The van der Waals surface area contributed by atoms with Crippen LogP contribution in [0.15, 0.2) is 0 Å². The van der Waals surface area contributed by atoms with Crippen molar-refractivity contribution in [3.8, 4) is 9.94 Å². The molecule has 0 rings (SSSR count). The Bertz CT molecular complexity index is 76.7. The maximum absolute atomic E-state index is 7.59. The molecule has 0 heterocycles. The number of hydrogen-bond donors (Lipinski definition) is 0. The van der Waals surface area contributed by atoms with Crippen molar-refractivity contribution in [2.24, 2.45) is 0 Å². The van der Waals surface area contributed by atoms with Crippen molar-refractivity contribution in [3.05, 3.63) is 0 Å². The first-order valence-corrected chi connectivity index (χ1v) is 1.90. The molecule has 0 amide bonds. The minimum atomic E-state index is 0. The molecule has 28 valence electrons. The van der Waals surface area contributed by atoms with Crippen LogP contribution in [0.25, 0.3) is 0 Å². The summed E-state index contributed by atoms with van der Waals surface area (Å²) in [4.78, 5) is 3.31. The van der Waals surface area contributed by atoms with E-state index in [1.807, 2.05) is 0 Å². The summed E-state index contributed by atoms with van der Waals surface area (Å²) in [6.45, 7) is 0. The SMILES string of the molecule is N#[C][Fe][C]#N.[Zn]. The monoisotopic (exact) mass is 172 g/mol. The maximum Gasteiger partial charge on any atom is 0 e. The van der Waals surface area contributed by atoms with Gasteiger partial charge in [-0.1, -0.05) is 0 Å². The van der Waals surface area contributed by atoms with Gasteiger partial charge in [-0.15, -0.1) is 0 Å². The van der Waals surface area contributed by atoms with E-state index in [0.717, 1.165) is 0 Å². The van der Waals surface area contributed by atoms with Crippen LogP contribution in [0, 0.1) is 20.5 Å². The standard InChI is InChI=1S/2CN.Fe.Zn/c2*1-2;;. The second kappa shape index (κ2) is 8.93. The molecule has 0 saturated carbocycles. The summed E-state index contributed by atoms with van der Waals surface area (Å²) in [5, 5.41) is 15.2. The van der Waals surface area contributed by atoms with Gasteiger partial charge in [-0.05, 0) is 0 Å². The second-order valence-corrected chi connectivity index (χ2v) is 1.02. The van der Waals surface area contributed by atoms with Crippen LogP contribution in [0.5, 0.6) is 0 Å². The van der Waals surface area contributed by atoms with Crippen LogP contribution in [-0.2, 0) is 34.4 Å². The summed E-state index contributed by atoms with van der Waals surface area (Å²) in [7, 11) is 0. The van der Waals surface area contributed by atoms with Crippen molar-refractivity contribution in [3.63, 3.8) is 0 Å². The molecule has 0 N–H and O–H groups in total. The first kappa shape index (κ1) is 9.45. The average Bonchev–Trinajstić information content (AvgIpc) is 1.41. The summed E-state index contributed by atoms with van der Waals surface area (Å²) in [5.41, 5.74) is 0. The third kappa shape index (κ3) is 8.92. The molecule has 6 heavy (non-hydrogen) atoms. The minimum Gasteiger partial charge on any atom is 0 e. The molecule has 0 saturated heterocycles. The smallest absolute Gasteiger partial charge is 0 e. The summed E-state index contributed by atoms with van der Waals surface area (Å²) < 4.78 is 0. The van der Waals surface area contributed by atoms with Crippen molar-refractivity contribution in [2.45, 2.75) is 0 Å². The zero-order valence-electron chi connectivity index (χ0n) is 2.96. The largest absolute Gasteiger partial charge is 0 e. The summed E-state index contributed by atoms with van der Waals surface area (Å²) in [5.74, 6) is 0. The molecule has 0 aromatic carbocycles. The van der Waals surface area contributed by atoms with E-state index in [9.17, 15) is 0 Å². The third-order valence-corrected chi connectivity index (χ3v) is 0.326. The van der Waals surface area contributed by atoms with Gasteiger partial charge in [-0.2, -0.15) is 0 Å². The van der Waals surface area contributed by atoms with Crippen molar-refractivity contribution in [1.29, 1.82) is 10.5 Å². The summed E-state index contributed by atoms with van der Waals surface area (Å²) in [6.07, 6.45) is 0. The van der Waals surface area contributed by atoms with Gasteiger partial charge in [0.15, 0.2) is 0 Å². The van der Waals surface area contributed by atoms with Crippen LogP contribution in [0.4, 0.5) is 0 Å². The fraction of sp³-hybridized carbons (Fsp3) is 0. The maximum atomic E-state index is 7.59. The predicted octanol–water partition coefficient (Wildman–Crippen LogP) is 0.0286. The van der Waals surface area contributed by atoms with Gasteiger partial charge in [-0.3, -0.25) is 0 Å². The van der Waals surface area contributed by atoms with Crippen LogP contribution in [0.2, 0.25) is 0 Å². The zero-order chi connectivity index (χ0) is 4.12. The van der Waals surface area contributed by atoms with E-state index in [1.54, 1.807) is 9.94 Å². The molecule has 0 aromatic rings. The fourth-order valence-corrected chi connectivity index (χ4v) is 0.0729. The van der Waals surface area contributed by atoms with Crippen LogP contribution in [0.3, 0.4) is 0 Å². The van der Waals surface area contributed by atoms with Gasteiger partial charge in [0.25, 0.3) is 0 Å². The van der Waals surface area contributed by atoms with Gasteiger partial charge in [0.2, 0.25) is 0 Å². The average molecular weight is 173 g/mol. The molecule has 0 aliphatic heterocycles. The molecular formula is C2FeN2Zn. The number of nitriles is 2. The van der Waals surface area contributed by atoms with Gasteiger partial charge < -0.3 is 0 Å². The Kier molecular flexibility index (Phi) is 14.1. The van der Waals surface area contributed by atoms with Crippen LogP contribution < -0.4 is 0 Å². The van der Waals surface area contributed by atoms with Crippen molar-refractivity contribution in [1.82, 2.24) is 0 Å². The van der Waals surface area contributed by atoms with Crippen molar-refractivity contribution >= 4 is 0 Å². The molecule has 0 aliphatic carbocycles. The Morgan fingerprint density at radius 2 is 1.50 bits per heavy atom. The third-order valence-electron chi connectivity index (χ3n) is 0.0791. The van der Waals surface area contributed by atoms with E-state index in [2.05, 4.69) is 0 Å². The number of nitrogens with zero attached hydrogens (tertiary/aromatic N) is 2. The van der Waals surface area contributed by atoms with Crippen molar-refractivity contribution < 1.29 is 34.4 Å².